The summed E-state index contributed by atoms with van der Waals surface area (Å²) >= 11 is 3.40. The van der Waals surface area contributed by atoms with Crippen molar-refractivity contribution in [3.8, 4) is 5.75 Å². The van der Waals surface area contributed by atoms with Crippen LogP contribution in [0.15, 0.2) is 28.7 Å². The molecule has 0 spiro atoms. The van der Waals surface area contributed by atoms with Gasteiger partial charge in [-0.05, 0) is 37.6 Å². The predicted molar refractivity (Wildman–Crippen MR) is 63.2 cm³/mol. The lowest BCUT2D eigenvalue weighted by molar-refractivity contribution is -0.0480. The van der Waals surface area contributed by atoms with Crippen LogP contribution in [0, 0.1) is 5.92 Å². The largest absolute Gasteiger partial charge is 0.491 e. The van der Waals surface area contributed by atoms with Crippen molar-refractivity contribution in [1.29, 1.82) is 0 Å². The van der Waals surface area contributed by atoms with Crippen LogP contribution in [-0.4, -0.2) is 19.3 Å². The minimum atomic E-state index is 0.264. The molecule has 3 heteroatoms. The van der Waals surface area contributed by atoms with Crippen molar-refractivity contribution in [1.82, 2.24) is 0 Å². The van der Waals surface area contributed by atoms with Crippen LogP contribution in [0.25, 0.3) is 0 Å². The van der Waals surface area contributed by atoms with E-state index in [1.165, 1.54) is 0 Å². The number of benzene rings is 1. The van der Waals surface area contributed by atoms with Crippen LogP contribution in [0.3, 0.4) is 0 Å². The van der Waals surface area contributed by atoms with E-state index in [0.29, 0.717) is 5.92 Å². The standard InChI is InChI=1S/C12H15BrO2/c1-9(6-10-7-14-8-10)15-12-4-2-11(13)3-5-12/h2-5,9-10H,6-8H2,1H3. The van der Waals surface area contributed by atoms with Crippen LogP contribution in [0.2, 0.25) is 0 Å². The second-order valence-corrected chi connectivity index (χ2v) is 4.94. The van der Waals surface area contributed by atoms with Gasteiger partial charge in [-0.1, -0.05) is 15.9 Å². The second-order valence-electron chi connectivity index (χ2n) is 4.02. The van der Waals surface area contributed by atoms with Gasteiger partial charge >= 0.3 is 0 Å². The molecule has 0 aliphatic carbocycles. The quantitative estimate of drug-likeness (QED) is 0.836. The van der Waals surface area contributed by atoms with Crippen LogP contribution in [-0.2, 0) is 4.74 Å². The Kier molecular flexibility index (Phi) is 3.65. The zero-order valence-electron chi connectivity index (χ0n) is 8.78. The molecule has 1 aromatic carbocycles. The van der Waals surface area contributed by atoms with Gasteiger partial charge in [0.05, 0.1) is 19.3 Å². The van der Waals surface area contributed by atoms with E-state index in [2.05, 4.69) is 22.9 Å². The third-order valence-corrected chi connectivity index (χ3v) is 3.05. The third kappa shape index (κ3) is 3.21. The highest BCUT2D eigenvalue weighted by molar-refractivity contribution is 9.10. The van der Waals surface area contributed by atoms with Crippen LogP contribution in [0.1, 0.15) is 13.3 Å². The first-order chi connectivity index (χ1) is 7.24. The van der Waals surface area contributed by atoms with Gasteiger partial charge in [0.25, 0.3) is 0 Å². The summed E-state index contributed by atoms with van der Waals surface area (Å²) in [6, 6.07) is 7.96. The van der Waals surface area contributed by atoms with Crippen molar-refractivity contribution in [2.24, 2.45) is 5.92 Å². The van der Waals surface area contributed by atoms with Crippen molar-refractivity contribution >= 4 is 15.9 Å². The normalized spacial score (nSPS) is 18.3. The van der Waals surface area contributed by atoms with Gasteiger partial charge in [-0.15, -0.1) is 0 Å². The minimum absolute atomic E-state index is 0.264. The van der Waals surface area contributed by atoms with Crippen LogP contribution >= 0.6 is 15.9 Å². The minimum Gasteiger partial charge on any atom is -0.491 e. The van der Waals surface area contributed by atoms with Gasteiger partial charge in [-0.2, -0.15) is 0 Å². The van der Waals surface area contributed by atoms with E-state index in [1.807, 2.05) is 24.3 Å². The number of hydrogen-bond donors (Lipinski definition) is 0. The van der Waals surface area contributed by atoms with Crippen LogP contribution in [0.5, 0.6) is 5.75 Å². The molecule has 0 bridgehead atoms. The molecule has 2 rings (SSSR count). The van der Waals surface area contributed by atoms with Gasteiger partial charge in [-0.3, -0.25) is 0 Å². The highest BCUT2D eigenvalue weighted by atomic mass is 79.9. The summed E-state index contributed by atoms with van der Waals surface area (Å²) in [7, 11) is 0. The molecule has 0 amide bonds. The van der Waals surface area contributed by atoms with Gasteiger partial charge in [0.1, 0.15) is 5.75 Å². The number of hydrogen-bond acceptors (Lipinski definition) is 2. The molecule has 1 aliphatic rings. The number of rotatable bonds is 4. The van der Waals surface area contributed by atoms with Crippen LogP contribution in [0.4, 0.5) is 0 Å². The van der Waals surface area contributed by atoms with Crippen molar-refractivity contribution in [2.45, 2.75) is 19.4 Å². The van der Waals surface area contributed by atoms with Crippen molar-refractivity contribution in [2.75, 3.05) is 13.2 Å². The average Bonchev–Trinajstić information content (AvgIpc) is 2.16. The summed E-state index contributed by atoms with van der Waals surface area (Å²) in [6.07, 6.45) is 1.34. The summed E-state index contributed by atoms with van der Waals surface area (Å²) in [5, 5.41) is 0. The molecule has 1 saturated heterocycles. The fourth-order valence-electron chi connectivity index (χ4n) is 1.68. The maximum atomic E-state index is 5.80. The van der Waals surface area contributed by atoms with Crippen molar-refractivity contribution in [3.63, 3.8) is 0 Å². The molecular weight excluding hydrogens is 256 g/mol. The van der Waals surface area contributed by atoms with E-state index in [4.69, 9.17) is 9.47 Å². The Morgan fingerprint density at radius 3 is 2.60 bits per heavy atom. The Bertz CT molecular complexity index is 306. The zero-order valence-corrected chi connectivity index (χ0v) is 10.4. The Hall–Kier alpha value is -0.540. The molecule has 0 aromatic heterocycles. The molecule has 2 nitrogen and oxygen atoms in total. The molecule has 1 fully saturated rings. The molecule has 1 unspecified atom stereocenters. The first kappa shape index (κ1) is 11.0. The summed E-state index contributed by atoms with van der Waals surface area (Å²) in [5.41, 5.74) is 0. The molecule has 1 aromatic rings. The summed E-state index contributed by atoms with van der Waals surface area (Å²) < 4.78 is 12.0. The lowest BCUT2D eigenvalue weighted by Crippen LogP contribution is -2.31. The molecule has 0 saturated carbocycles. The SMILES string of the molecule is CC(CC1COC1)Oc1ccc(Br)cc1. The average molecular weight is 271 g/mol. The van der Waals surface area contributed by atoms with Gasteiger partial charge < -0.3 is 9.47 Å². The maximum absolute atomic E-state index is 5.80. The topological polar surface area (TPSA) is 18.5 Å². The van der Waals surface area contributed by atoms with Gasteiger partial charge in [0.2, 0.25) is 0 Å². The smallest absolute Gasteiger partial charge is 0.119 e. The lowest BCUT2D eigenvalue weighted by Gasteiger charge is -2.28. The molecule has 1 aliphatic heterocycles. The van der Waals surface area contributed by atoms with Gasteiger partial charge in [-0.25, -0.2) is 0 Å². The highest BCUT2D eigenvalue weighted by Crippen LogP contribution is 2.21. The van der Waals surface area contributed by atoms with E-state index < -0.39 is 0 Å². The molecular formula is C12H15BrO2. The summed E-state index contributed by atoms with van der Waals surface area (Å²) in [6.45, 7) is 3.91. The van der Waals surface area contributed by atoms with E-state index >= 15 is 0 Å². The Morgan fingerprint density at radius 2 is 2.07 bits per heavy atom. The second kappa shape index (κ2) is 4.99. The zero-order chi connectivity index (χ0) is 10.7. The Morgan fingerprint density at radius 1 is 1.40 bits per heavy atom. The summed E-state index contributed by atoms with van der Waals surface area (Å²) in [5.74, 6) is 1.63. The number of ether oxygens (including phenoxy) is 2. The van der Waals surface area contributed by atoms with E-state index in [9.17, 15) is 0 Å². The Balaban J connectivity index is 1.82. The first-order valence-electron chi connectivity index (χ1n) is 5.24. The first-order valence-corrected chi connectivity index (χ1v) is 6.03. The molecule has 1 atom stereocenters. The predicted octanol–water partition coefficient (Wildman–Crippen LogP) is 3.25. The molecule has 1 heterocycles. The van der Waals surface area contributed by atoms with Crippen molar-refractivity contribution in [3.05, 3.63) is 28.7 Å². The highest BCUT2D eigenvalue weighted by Gasteiger charge is 2.21. The van der Waals surface area contributed by atoms with Crippen molar-refractivity contribution < 1.29 is 9.47 Å². The Labute approximate surface area is 98.7 Å². The fraction of sp³-hybridized carbons (Fsp3) is 0.500. The fourth-order valence-corrected chi connectivity index (χ4v) is 1.95. The summed E-state index contributed by atoms with van der Waals surface area (Å²) in [4.78, 5) is 0. The monoisotopic (exact) mass is 270 g/mol. The van der Waals surface area contributed by atoms with Gasteiger partial charge in [0.15, 0.2) is 0 Å². The molecule has 82 valence electrons. The van der Waals surface area contributed by atoms with Crippen LogP contribution < -0.4 is 4.74 Å². The lowest BCUT2D eigenvalue weighted by atomic mass is 10.0. The molecule has 0 N–H and O–H groups in total. The molecule has 0 radical (unpaired) electrons. The van der Waals surface area contributed by atoms with Gasteiger partial charge in [0, 0.05) is 10.4 Å². The third-order valence-electron chi connectivity index (χ3n) is 2.52. The number of halogens is 1. The van der Waals surface area contributed by atoms with E-state index in [1.54, 1.807) is 0 Å². The van der Waals surface area contributed by atoms with E-state index in [-0.39, 0.29) is 6.10 Å². The van der Waals surface area contributed by atoms with E-state index in [0.717, 1.165) is 29.9 Å². The molecule has 15 heavy (non-hydrogen) atoms. The maximum Gasteiger partial charge on any atom is 0.119 e.